The molecule has 0 unspecified atom stereocenters. The lowest BCUT2D eigenvalue weighted by Crippen LogP contribution is -2.47. The molecule has 4 heterocycles. The molecule has 0 radical (unpaired) electrons. The lowest BCUT2D eigenvalue weighted by Gasteiger charge is -2.33. The number of thiophene rings is 1. The highest BCUT2D eigenvalue weighted by atomic mass is 32.1. The third kappa shape index (κ3) is 5.66. The third-order valence-corrected chi connectivity index (χ3v) is 7.63. The first-order valence-electron chi connectivity index (χ1n) is 12.8. The molecule has 39 heavy (non-hydrogen) atoms. The van der Waals surface area contributed by atoms with Gasteiger partial charge in [0, 0.05) is 31.1 Å². The molecule has 4 aromatic rings. The SMILES string of the molecule is COCc1noc(Cn2c(=O)n(C3CCN(C(=O)OC(C)(C)C)CC3)c(=O)c3sc(-c4ccccc4)cc32)n1. The number of benzene rings is 1. The molecule has 3 aromatic heterocycles. The van der Waals surface area contributed by atoms with Crippen molar-refractivity contribution >= 4 is 27.6 Å². The van der Waals surface area contributed by atoms with Gasteiger partial charge in [0.05, 0.1) is 5.52 Å². The molecule has 1 aromatic carbocycles. The number of fused-ring (bicyclic) bond motifs is 1. The Morgan fingerprint density at radius 2 is 1.87 bits per heavy atom. The fraction of sp³-hybridized carbons (Fsp3) is 0.444. The van der Waals surface area contributed by atoms with E-state index in [0.717, 1.165) is 10.4 Å². The monoisotopic (exact) mass is 553 g/mol. The third-order valence-electron chi connectivity index (χ3n) is 6.47. The molecule has 0 aliphatic carbocycles. The van der Waals surface area contributed by atoms with Crippen molar-refractivity contribution in [2.45, 2.75) is 58.4 Å². The Hall–Kier alpha value is -3.77. The maximum atomic E-state index is 13.9. The molecule has 1 amide bonds. The summed E-state index contributed by atoms with van der Waals surface area (Å²) in [7, 11) is 1.53. The van der Waals surface area contributed by atoms with Crippen LogP contribution >= 0.6 is 11.3 Å². The Morgan fingerprint density at radius 1 is 1.15 bits per heavy atom. The van der Waals surface area contributed by atoms with Gasteiger partial charge in [-0.25, -0.2) is 9.59 Å². The number of rotatable bonds is 6. The van der Waals surface area contributed by atoms with Crippen LogP contribution in [0.2, 0.25) is 0 Å². The number of methoxy groups -OCH3 is 1. The Balaban J connectivity index is 1.54. The zero-order valence-electron chi connectivity index (χ0n) is 22.4. The van der Waals surface area contributed by atoms with Crippen LogP contribution in [-0.4, -0.2) is 56.1 Å². The highest BCUT2D eigenvalue weighted by molar-refractivity contribution is 7.22. The number of amides is 1. The molecule has 206 valence electrons. The molecule has 11 nitrogen and oxygen atoms in total. The van der Waals surface area contributed by atoms with Crippen LogP contribution in [-0.2, 0) is 22.6 Å². The van der Waals surface area contributed by atoms with Crippen molar-refractivity contribution in [3.63, 3.8) is 0 Å². The van der Waals surface area contributed by atoms with Gasteiger partial charge < -0.3 is 18.9 Å². The van der Waals surface area contributed by atoms with E-state index in [1.807, 2.05) is 57.2 Å². The van der Waals surface area contributed by atoms with Gasteiger partial charge in [0.2, 0.25) is 5.89 Å². The number of likely N-dealkylation sites (tertiary alicyclic amines) is 1. The van der Waals surface area contributed by atoms with Crippen LogP contribution in [0.5, 0.6) is 0 Å². The molecule has 1 aliphatic heterocycles. The summed E-state index contributed by atoms with van der Waals surface area (Å²) in [6.45, 7) is 6.42. The van der Waals surface area contributed by atoms with Crippen LogP contribution in [0.15, 0.2) is 50.5 Å². The van der Waals surface area contributed by atoms with Gasteiger partial charge in [0.25, 0.3) is 5.56 Å². The first-order chi connectivity index (χ1) is 18.6. The molecule has 12 heteroatoms. The number of aromatic nitrogens is 4. The second kappa shape index (κ2) is 10.8. The van der Waals surface area contributed by atoms with Gasteiger partial charge >= 0.3 is 11.8 Å². The average molecular weight is 554 g/mol. The molecule has 0 spiro atoms. The molecule has 0 N–H and O–H groups in total. The summed E-state index contributed by atoms with van der Waals surface area (Å²) in [4.78, 5) is 47.0. The molecule has 1 fully saturated rings. The highest BCUT2D eigenvalue weighted by Gasteiger charge is 2.30. The average Bonchev–Trinajstić information content (AvgIpc) is 3.54. The Kier molecular flexibility index (Phi) is 7.41. The van der Waals surface area contributed by atoms with E-state index in [2.05, 4.69) is 10.1 Å². The van der Waals surface area contributed by atoms with Gasteiger partial charge in [-0.1, -0.05) is 35.5 Å². The van der Waals surface area contributed by atoms with E-state index in [1.165, 1.54) is 27.6 Å². The van der Waals surface area contributed by atoms with Crippen molar-refractivity contribution in [3.05, 3.63) is 69.0 Å². The minimum absolute atomic E-state index is 0.00798. The lowest BCUT2D eigenvalue weighted by atomic mass is 10.1. The van der Waals surface area contributed by atoms with Crippen molar-refractivity contribution in [1.29, 1.82) is 0 Å². The van der Waals surface area contributed by atoms with Crippen molar-refractivity contribution < 1.29 is 18.8 Å². The van der Waals surface area contributed by atoms with Crippen molar-refractivity contribution in [2.75, 3.05) is 20.2 Å². The molecule has 0 bridgehead atoms. The largest absolute Gasteiger partial charge is 0.444 e. The second-order valence-electron chi connectivity index (χ2n) is 10.5. The van der Waals surface area contributed by atoms with Crippen LogP contribution in [0.3, 0.4) is 0 Å². The minimum atomic E-state index is -0.600. The summed E-state index contributed by atoms with van der Waals surface area (Å²) in [5.74, 6) is 0.609. The van der Waals surface area contributed by atoms with Crippen molar-refractivity contribution in [3.8, 4) is 10.4 Å². The van der Waals surface area contributed by atoms with E-state index in [-0.39, 0.29) is 30.6 Å². The van der Waals surface area contributed by atoms with E-state index in [1.54, 1.807) is 4.90 Å². The quantitative estimate of drug-likeness (QED) is 0.351. The summed E-state index contributed by atoms with van der Waals surface area (Å²) < 4.78 is 19.2. The number of carbonyl (C=O) groups is 1. The number of carbonyl (C=O) groups excluding carboxylic acids is 1. The Bertz CT molecular complexity index is 1590. The summed E-state index contributed by atoms with van der Waals surface area (Å²) >= 11 is 1.35. The topological polar surface area (TPSA) is 122 Å². The molecule has 1 saturated heterocycles. The second-order valence-corrected chi connectivity index (χ2v) is 11.5. The van der Waals surface area contributed by atoms with Crippen molar-refractivity contribution in [2.24, 2.45) is 0 Å². The van der Waals surface area contributed by atoms with Gasteiger partial charge in [-0.2, -0.15) is 4.98 Å². The predicted molar refractivity (Wildman–Crippen MR) is 146 cm³/mol. The van der Waals surface area contributed by atoms with Gasteiger partial charge in [-0.05, 0) is 45.2 Å². The van der Waals surface area contributed by atoms with Crippen LogP contribution in [0.1, 0.15) is 51.4 Å². The highest BCUT2D eigenvalue weighted by Crippen LogP contribution is 2.32. The fourth-order valence-corrected chi connectivity index (χ4v) is 5.80. The fourth-order valence-electron chi connectivity index (χ4n) is 4.69. The summed E-state index contributed by atoms with van der Waals surface area (Å²) in [6, 6.07) is 11.2. The first kappa shape index (κ1) is 26.8. The summed E-state index contributed by atoms with van der Waals surface area (Å²) in [6.07, 6.45) is 0.514. The van der Waals surface area contributed by atoms with Crippen LogP contribution in [0, 0.1) is 0 Å². The summed E-state index contributed by atoms with van der Waals surface area (Å²) in [5, 5.41) is 3.90. The zero-order valence-corrected chi connectivity index (χ0v) is 23.2. The molecule has 1 aliphatic rings. The molecular formula is C27H31N5O6S. The standard InChI is InChI=1S/C27H31N5O6S/c1-27(2,3)37-26(35)30-12-10-18(11-13-30)32-24(33)23-19(14-20(39-23)17-8-6-5-7-9-17)31(25(32)34)15-22-28-21(16-36-4)29-38-22/h5-9,14,18H,10-13,15-16H2,1-4H3. The van der Waals surface area contributed by atoms with E-state index in [9.17, 15) is 14.4 Å². The van der Waals surface area contributed by atoms with E-state index >= 15 is 0 Å². The van der Waals surface area contributed by atoms with Crippen molar-refractivity contribution in [1.82, 2.24) is 24.2 Å². The minimum Gasteiger partial charge on any atom is -0.444 e. The van der Waals surface area contributed by atoms with Gasteiger partial charge in [0.1, 0.15) is 23.5 Å². The number of nitrogens with zero attached hydrogens (tertiary/aromatic N) is 5. The zero-order chi connectivity index (χ0) is 27.7. The van der Waals surface area contributed by atoms with Gasteiger partial charge in [-0.3, -0.25) is 13.9 Å². The number of hydrogen-bond donors (Lipinski definition) is 0. The first-order valence-corrected chi connectivity index (χ1v) is 13.6. The normalized spacial score (nSPS) is 14.7. The molecular weight excluding hydrogens is 522 g/mol. The number of piperidine rings is 1. The van der Waals surface area contributed by atoms with E-state index in [0.29, 0.717) is 42.0 Å². The van der Waals surface area contributed by atoms with Crippen LogP contribution in [0.4, 0.5) is 4.79 Å². The molecule has 5 rings (SSSR count). The maximum absolute atomic E-state index is 13.9. The molecule has 0 atom stereocenters. The molecule has 0 saturated carbocycles. The van der Waals surface area contributed by atoms with Crippen LogP contribution < -0.4 is 11.2 Å². The number of ether oxygens (including phenoxy) is 2. The van der Waals surface area contributed by atoms with E-state index < -0.39 is 17.4 Å². The lowest BCUT2D eigenvalue weighted by molar-refractivity contribution is 0.0186. The predicted octanol–water partition coefficient (Wildman–Crippen LogP) is 4.04. The summed E-state index contributed by atoms with van der Waals surface area (Å²) in [5.41, 5.74) is 0.0843. The smallest absolute Gasteiger partial charge is 0.410 e. The van der Waals surface area contributed by atoms with E-state index in [4.69, 9.17) is 14.0 Å². The maximum Gasteiger partial charge on any atom is 0.410 e. The van der Waals surface area contributed by atoms with Crippen LogP contribution in [0.25, 0.3) is 20.7 Å². The number of hydrogen-bond acceptors (Lipinski definition) is 9. The Morgan fingerprint density at radius 3 is 2.54 bits per heavy atom. The van der Waals surface area contributed by atoms with Gasteiger partial charge in [0.15, 0.2) is 5.82 Å². The Labute approximate surface area is 228 Å². The van der Waals surface area contributed by atoms with Gasteiger partial charge in [-0.15, -0.1) is 11.3 Å².